The molecule has 0 unspecified atom stereocenters. The molecule has 21 heavy (non-hydrogen) atoms. The van der Waals surface area contributed by atoms with Crippen LogP contribution in [-0.2, 0) is 0 Å². The smallest absolute Gasteiger partial charge is 0.189 e. The van der Waals surface area contributed by atoms with Crippen molar-refractivity contribution in [1.29, 1.82) is 0 Å². The molecule has 0 bridgehead atoms. The quantitative estimate of drug-likeness (QED) is 0.465. The Hall–Kier alpha value is -2.55. The number of hydrogen-bond acceptors (Lipinski definition) is 3. The maximum absolute atomic E-state index is 12.0. The molecule has 0 spiro atoms. The highest BCUT2D eigenvalue weighted by Crippen LogP contribution is 2.15. The third-order valence-corrected chi connectivity index (χ3v) is 3.07. The van der Waals surface area contributed by atoms with E-state index in [4.69, 9.17) is 9.15 Å². The number of benzene rings is 1. The van der Waals surface area contributed by atoms with Crippen LogP contribution in [0.1, 0.15) is 27.4 Å². The standard InChI is InChI=1S/C18H18O3/c1-13-12-17(14(2)21-13)18(19)7-5-4-6-15-8-10-16(20-3)11-9-15/h4-12H,1-3H3/b6-4+,7-5+. The van der Waals surface area contributed by atoms with E-state index in [1.165, 1.54) is 6.08 Å². The lowest BCUT2D eigenvalue weighted by Crippen LogP contribution is -1.93. The van der Waals surface area contributed by atoms with Gasteiger partial charge < -0.3 is 9.15 Å². The van der Waals surface area contributed by atoms with Crippen molar-refractivity contribution in [2.75, 3.05) is 7.11 Å². The summed E-state index contributed by atoms with van der Waals surface area (Å²) in [7, 11) is 1.64. The van der Waals surface area contributed by atoms with Crippen molar-refractivity contribution in [2.24, 2.45) is 0 Å². The highest BCUT2D eigenvalue weighted by atomic mass is 16.5. The Kier molecular flexibility index (Phi) is 4.77. The van der Waals surface area contributed by atoms with E-state index in [-0.39, 0.29) is 5.78 Å². The Morgan fingerprint density at radius 2 is 1.86 bits per heavy atom. The molecule has 2 aromatic rings. The third-order valence-electron chi connectivity index (χ3n) is 3.07. The number of carbonyl (C=O) groups excluding carboxylic acids is 1. The van der Waals surface area contributed by atoms with Gasteiger partial charge in [0.1, 0.15) is 17.3 Å². The molecule has 0 amide bonds. The Labute approximate surface area is 124 Å². The van der Waals surface area contributed by atoms with E-state index in [9.17, 15) is 4.79 Å². The molecular formula is C18H18O3. The fourth-order valence-corrected chi connectivity index (χ4v) is 1.99. The molecular weight excluding hydrogens is 264 g/mol. The molecule has 0 radical (unpaired) electrons. The van der Waals surface area contributed by atoms with E-state index in [2.05, 4.69) is 0 Å². The fraction of sp³-hybridized carbons (Fsp3) is 0.167. The van der Waals surface area contributed by atoms with E-state index in [1.54, 1.807) is 26.2 Å². The number of allylic oxidation sites excluding steroid dienone is 3. The summed E-state index contributed by atoms with van der Waals surface area (Å²) in [4.78, 5) is 12.0. The molecule has 1 aromatic carbocycles. The molecule has 3 nitrogen and oxygen atoms in total. The second kappa shape index (κ2) is 6.75. The maximum Gasteiger partial charge on any atom is 0.189 e. The molecule has 1 heterocycles. The van der Waals surface area contributed by atoms with Crippen molar-refractivity contribution in [2.45, 2.75) is 13.8 Å². The van der Waals surface area contributed by atoms with Crippen LogP contribution in [-0.4, -0.2) is 12.9 Å². The van der Waals surface area contributed by atoms with Gasteiger partial charge in [0.15, 0.2) is 5.78 Å². The number of ketones is 1. The van der Waals surface area contributed by atoms with Crippen LogP contribution in [0, 0.1) is 13.8 Å². The Morgan fingerprint density at radius 3 is 2.43 bits per heavy atom. The first kappa shape index (κ1) is 14.9. The van der Waals surface area contributed by atoms with Gasteiger partial charge in [-0.25, -0.2) is 0 Å². The van der Waals surface area contributed by atoms with Crippen molar-refractivity contribution in [3.8, 4) is 5.75 Å². The van der Waals surface area contributed by atoms with Gasteiger partial charge in [-0.2, -0.15) is 0 Å². The zero-order valence-electron chi connectivity index (χ0n) is 12.4. The van der Waals surface area contributed by atoms with Crippen LogP contribution in [0.15, 0.2) is 53.0 Å². The van der Waals surface area contributed by atoms with Gasteiger partial charge in [-0.1, -0.05) is 30.4 Å². The minimum absolute atomic E-state index is 0.0521. The summed E-state index contributed by atoms with van der Waals surface area (Å²) in [5.41, 5.74) is 1.66. The van der Waals surface area contributed by atoms with E-state index in [0.29, 0.717) is 11.3 Å². The SMILES string of the molecule is COc1ccc(/C=C/C=C/C(=O)c2cc(C)oc2C)cc1. The highest BCUT2D eigenvalue weighted by Gasteiger charge is 2.09. The molecule has 0 aliphatic carbocycles. The molecule has 1 aromatic heterocycles. The molecule has 3 heteroatoms. The number of methoxy groups -OCH3 is 1. The van der Waals surface area contributed by atoms with Gasteiger partial charge in [-0.15, -0.1) is 0 Å². The van der Waals surface area contributed by atoms with Crippen molar-refractivity contribution in [3.63, 3.8) is 0 Å². The number of furan rings is 1. The fourth-order valence-electron chi connectivity index (χ4n) is 1.99. The lowest BCUT2D eigenvalue weighted by atomic mass is 10.1. The van der Waals surface area contributed by atoms with E-state index >= 15 is 0 Å². The molecule has 0 aliphatic rings. The number of ether oxygens (including phenoxy) is 1. The van der Waals surface area contributed by atoms with Crippen LogP contribution < -0.4 is 4.74 Å². The minimum Gasteiger partial charge on any atom is -0.497 e. The zero-order valence-corrected chi connectivity index (χ0v) is 12.4. The number of aryl methyl sites for hydroxylation is 2. The average Bonchev–Trinajstić information content (AvgIpc) is 2.83. The van der Waals surface area contributed by atoms with Crippen LogP contribution in [0.5, 0.6) is 5.75 Å². The van der Waals surface area contributed by atoms with Gasteiger partial charge in [-0.05, 0) is 43.7 Å². The first-order valence-corrected chi connectivity index (χ1v) is 6.70. The summed E-state index contributed by atoms with van der Waals surface area (Å²) >= 11 is 0. The molecule has 0 N–H and O–H groups in total. The Balaban J connectivity index is 1.99. The van der Waals surface area contributed by atoms with Crippen molar-refractivity contribution in [1.82, 2.24) is 0 Å². The van der Waals surface area contributed by atoms with Gasteiger partial charge in [-0.3, -0.25) is 4.79 Å². The number of carbonyl (C=O) groups is 1. The van der Waals surface area contributed by atoms with Gasteiger partial charge in [0.25, 0.3) is 0 Å². The second-order valence-corrected chi connectivity index (χ2v) is 4.68. The molecule has 0 saturated heterocycles. The van der Waals surface area contributed by atoms with Crippen molar-refractivity contribution in [3.05, 3.63) is 71.2 Å². The van der Waals surface area contributed by atoms with E-state index < -0.39 is 0 Å². The summed E-state index contributed by atoms with van der Waals surface area (Å²) in [5.74, 6) is 2.17. The first-order chi connectivity index (χ1) is 10.1. The van der Waals surface area contributed by atoms with Crippen LogP contribution in [0.2, 0.25) is 0 Å². The monoisotopic (exact) mass is 282 g/mol. The minimum atomic E-state index is -0.0521. The highest BCUT2D eigenvalue weighted by molar-refractivity contribution is 6.05. The van der Waals surface area contributed by atoms with Crippen molar-refractivity contribution < 1.29 is 13.9 Å². The average molecular weight is 282 g/mol. The molecule has 0 fully saturated rings. The largest absolute Gasteiger partial charge is 0.497 e. The van der Waals surface area contributed by atoms with Gasteiger partial charge >= 0.3 is 0 Å². The summed E-state index contributed by atoms with van der Waals surface area (Å²) in [6.45, 7) is 3.62. The molecule has 0 saturated carbocycles. The number of rotatable bonds is 5. The summed E-state index contributed by atoms with van der Waals surface area (Å²) in [6.07, 6.45) is 7.03. The first-order valence-electron chi connectivity index (χ1n) is 6.70. The van der Waals surface area contributed by atoms with E-state index in [0.717, 1.165) is 17.1 Å². The zero-order chi connectivity index (χ0) is 15.2. The van der Waals surface area contributed by atoms with Crippen LogP contribution in [0.4, 0.5) is 0 Å². The normalized spacial score (nSPS) is 11.4. The van der Waals surface area contributed by atoms with Crippen LogP contribution in [0.3, 0.4) is 0 Å². The van der Waals surface area contributed by atoms with Crippen LogP contribution in [0.25, 0.3) is 6.08 Å². The lowest BCUT2D eigenvalue weighted by molar-refractivity contribution is 0.104. The Morgan fingerprint density at radius 1 is 1.14 bits per heavy atom. The lowest BCUT2D eigenvalue weighted by Gasteiger charge is -1.98. The molecule has 2 rings (SSSR count). The summed E-state index contributed by atoms with van der Waals surface area (Å²) in [5, 5.41) is 0. The molecule has 108 valence electrons. The summed E-state index contributed by atoms with van der Waals surface area (Å²) in [6, 6.07) is 9.46. The van der Waals surface area contributed by atoms with E-state index in [1.807, 2.05) is 43.3 Å². The predicted octanol–water partition coefficient (Wildman–Crippen LogP) is 4.36. The number of hydrogen-bond donors (Lipinski definition) is 0. The van der Waals surface area contributed by atoms with Gasteiger partial charge in [0, 0.05) is 0 Å². The topological polar surface area (TPSA) is 39.4 Å². The Bertz CT molecular complexity index is 673. The van der Waals surface area contributed by atoms with Crippen LogP contribution >= 0.6 is 0 Å². The molecule has 0 aliphatic heterocycles. The third kappa shape index (κ3) is 3.96. The predicted molar refractivity (Wildman–Crippen MR) is 83.7 cm³/mol. The molecule has 0 atom stereocenters. The maximum atomic E-state index is 12.0. The van der Waals surface area contributed by atoms with Gasteiger partial charge in [0.05, 0.1) is 12.7 Å². The van der Waals surface area contributed by atoms with Gasteiger partial charge in [0.2, 0.25) is 0 Å². The second-order valence-electron chi connectivity index (χ2n) is 4.68. The van der Waals surface area contributed by atoms with Crippen molar-refractivity contribution >= 4 is 11.9 Å². The summed E-state index contributed by atoms with van der Waals surface area (Å²) < 4.78 is 10.4.